The average Bonchev–Trinajstić information content (AvgIpc) is 2.23. The van der Waals surface area contributed by atoms with Crippen molar-refractivity contribution in [2.45, 2.75) is 25.3 Å². The largest absolute Gasteiger partial charge is 0.321 e. The fourth-order valence-electron chi connectivity index (χ4n) is 2.26. The van der Waals surface area contributed by atoms with Crippen LogP contribution in [0.3, 0.4) is 0 Å². The van der Waals surface area contributed by atoms with Gasteiger partial charge in [-0.25, -0.2) is 0 Å². The third-order valence-corrected chi connectivity index (χ3v) is 3.47. The molecule has 0 amide bonds. The summed E-state index contributed by atoms with van der Waals surface area (Å²) in [5.74, 6) is 0. The number of hydrogen-bond donors (Lipinski definition) is 1. The minimum absolute atomic E-state index is 0.0987. The first kappa shape index (κ1) is 10.7. The highest BCUT2D eigenvalue weighted by Gasteiger charge is 2.30. The second-order valence-electron chi connectivity index (χ2n) is 4.83. The summed E-state index contributed by atoms with van der Waals surface area (Å²) >= 11 is 0. The van der Waals surface area contributed by atoms with E-state index in [1.165, 1.54) is 11.1 Å². The fraction of sp³-hybridized carbons (Fsp3) is 0.538. The van der Waals surface area contributed by atoms with E-state index < -0.39 is 0 Å². The Kier molecular flexibility index (Phi) is 2.81. The van der Waals surface area contributed by atoms with Crippen molar-refractivity contribution in [1.82, 2.24) is 4.90 Å². The van der Waals surface area contributed by atoms with Gasteiger partial charge in [-0.2, -0.15) is 0 Å². The van der Waals surface area contributed by atoms with Crippen LogP contribution in [0.1, 0.15) is 24.0 Å². The third kappa shape index (κ3) is 2.21. The lowest BCUT2D eigenvalue weighted by Crippen LogP contribution is -2.46. The topological polar surface area (TPSA) is 29.3 Å². The van der Waals surface area contributed by atoms with Gasteiger partial charge in [-0.05, 0) is 45.5 Å². The number of nitrogens with zero attached hydrogens (tertiary/aromatic N) is 1. The van der Waals surface area contributed by atoms with E-state index in [0.29, 0.717) is 0 Å². The van der Waals surface area contributed by atoms with E-state index in [9.17, 15) is 0 Å². The van der Waals surface area contributed by atoms with Crippen LogP contribution in [-0.2, 0) is 5.54 Å². The highest BCUT2D eigenvalue weighted by atomic mass is 15.1. The van der Waals surface area contributed by atoms with E-state index in [4.69, 9.17) is 5.73 Å². The number of benzene rings is 1. The fourth-order valence-corrected chi connectivity index (χ4v) is 2.26. The van der Waals surface area contributed by atoms with Gasteiger partial charge >= 0.3 is 0 Å². The van der Waals surface area contributed by atoms with Crippen molar-refractivity contribution in [3.05, 3.63) is 35.4 Å². The number of piperidine rings is 1. The second-order valence-corrected chi connectivity index (χ2v) is 4.83. The first-order chi connectivity index (χ1) is 7.10. The molecule has 2 nitrogen and oxygen atoms in total. The zero-order valence-corrected chi connectivity index (χ0v) is 9.66. The van der Waals surface area contributed by atoms with Gasteiger partial charge in [0.15, 0.2) is 0 Å². The van der Waals surface area contributed by atoms with Crippen LogP contribution in [0, 0.1) is 6.92 Å². The second kappa shape index (κ2) is 3.95. The van der Waals surface area contributed by atoms with Crippen molar-refractivity contribution < 1.29 is 0 Å². The third-order valence-electron chi connectivity index (χ3n) is 3.47. The number of rotatable bonds is 1. The van der Waals surface area contributed by atoms with E-state index >= 15 is 0 Å². The molecule has 0 aromatic heterocycles. The molecule has 0 atom stereocenters. The summed E-state index contributed by atoms with van der Waals surface area (Å²) in [5.41, 5.74) is 8.99. The quantitative estimate of drug-likeness (QED) is 0.756. The van der Waals surface area contributed by atoms with Crippen LogP contribution in [0.15, 0.2) is 24.3 Å². The Morgan fingerprint density at radius 1 is 1.27 bits per heavy atom. The Hall–Kier alpha value is -0.860. The Bertz CT molecular complexity index is 338. The molecule has 0 radical (unpaired) electrons. The Morgan fingerprint density at radius 3 is 2.53 bits per heavy atom. The summed E-state index contributed by atoms with van der Waals surface area (Å²) in [5, 5.41) is 0. The standard InChI is InChI=1S/C13H20N2/c1-11-4-3-5-12(10-11)13(14)6-8-15(2)9-7-13/h3-5,10H,6-9,14H2,1-2H3. The minimum Gasteiger partial charge on any atom is -0.321 e. The van der Waals surface area contributed by atoms with E-state index in [0.717, 1.165) is 25.9 Å². The Morgan fingerprint density at radius 2 is 1.93 bits per heavy atom. The normalized spacial score (nSPS) is 21.5. The maximum Gasteiger partial charge on any atom is 0.0434 e. The van der Waals surface area contributed by atoms with Gasteiger partial charge in [-0.1, -0.05) is 29.8 Å². The van der Waals surface area contributed by atoms with Gasteiger partial charge in [0.2, 0.25) is 0 Å². The molecule has 0 bridgehead atoms. The summed E-state index contributed by atoms with van der Waals surface area (Å²) in [4.78, 5) is 2.35. The summed E-state index contributed by atoms with van der Waals surface area (Å²) in [7, 11) is 2.16. The number of nitrogens with two attached hydrogens (primary N) is 1. The van der Waals surface area contributed by atoms with E-state index in [-0.39, 0.29) is 5.54 Å². The molecule has 2 heteroatoms. The van der Waals surface area contributed by atoms with Crippen molar-refractivity contribution in [2.75, 3.05) is 20.1 Å². The molecule has 1 saturated heterocycles. The molecule has 0 saturated carbocycles. The van der Waals surface area contributed by atoms with Gasteiger partial charge in [0.25, 0.3) is 0 Å². The van der Waals surface area contributed by atoms with Crippen molar-refractivity contribution in [2.24, 2.45) is 5.73 Å². The van der Waals surface area contributed by atoms with Crippen LogP contribution in [-0.4, -0.2) is 25.0 Å². The predicted octanol–water partition coefficient (Wildman–Crippen LogP) is 1.87. The lowest BCUT2D eigenvalue weighted by molar-refractivity contribution is 0.191. The lowest BCUT2D eigenvalue weighted by atomic mass is 9.81. The zero-order valence-electron chi connectivity index (χ0n) is 9.66. The van der Waals surface area contributed by atoms with Gasteiger partial charge in [-0.3, -0.25) is 0 Å². The summed E-state index contributed by atoms with van der Waals surface area (Å²) in [6.07, 6.45) is 2.12. The van der Waals surface area contributed by atoms with Crippen LogP contribution in [0.25, 0.3) is 0 Å². The first-order valence-corrected chi connectivity index (χ1v) is 5.65. The summed E-state index contributed by atoms with van der Waals surface area (Å²) < 4.78 is 0. The highest BCUT2D eigenvalue weighted by Crippen LogP contribution is 2.30. The van der Waals surface area contributed by atoms with Crippen LogP contribution in [0.2, 0.25) is 0 Å². The molecule has 15 heavy (non-hydrogen) atoms. The molecule has 1 aromatic rings. The average molecular weight is 204 g/mol. The molecule has 0 unspecified atom stereocenters. The first-order valence-electron chi connectivity index (χ1n) is 5.65. The molecule has 1 fully saturated rings. The molecule has 1 heterocycles. The van der Waals surface area contributed by atoms with Crippen molar-refractivity contribution in [1.29, 1.82) is 0 Å². The van der Waals surface area contributed by atoms with Crippen LogP contribution in [0.4, 0.5) is 0 Å². The van der Waals surface area contributed by atoms with Crippen LogP contribution in [0.5, 0.6) is 0 Å². The summed E-state index contributed by atoms with van der Waals surface area (Å²) in [6.45, 7) is 4.33. The smallest absolute Gasteiger partial charge is 0.0434 e. The van der Waals surface area contributed by atoms with Crippen molar-refractivity contribution in [3.63, 3.8) is 0 Å². The maximum absolute atomic E-state index is 6.48. The molecule has 0 aliphatic carbocycles. The SMILES string of the molecule is Cc1cccc(C2(N)CCN(C)CC2)c1. The molecule has 1 aliphatic heterocycles. The molecular weight excluding hydrogens is 184 g/mol. The highest BCUT2D eigenvalue weighted by molar-refractivity contribution is 5.29. The zero-order chi connectivity index (χ0) is 10.9. The van der Waals surface area contributed by atoms with Gasteiger partial charge in [0, 0.05) is 5.54 Å². The van der Waals surface area contributed by atoms with Gasteiger partial charge in [0.05, 0.1) is 0 Å². The molecule has 2 N–H and O–H groups in total. The molecule has 82 valence electrons. The molecule has 0 spiro atoms. The number of likely N-dealkylation sites (tertiary alicyclic amines) is 1. The van der Waals surface area contributed by atoms with Gasteiger partial charge in [-0.15, -0.1) is 0 Å². The van der Waals surface area contributed by atoms with Gasteiger partial charge in [0.1, 0.15) is 0 Å². The van der Waals surface area contributed by atoms with E-state index in [2.05, 4.69) is 43.1 Å². The molecule has 2 rings (SSSR count). The molecule has 1 aromatic carbocycles. The van der Waals surface area contributed by atoms with E-state index in [1.807, 2.05) is 0 Å². The van der Waals surface area contributed by atoms with Crippen LogP contribution < -0.4 is 5.73 Å². The number of aryl methyl sites for hydroxylation is 1. The molecule has 1 aliphatic rings. The van der Waals surface area contributed by atoms with E-state index in [1.54, 1.807) is 0 Å². The van der Waals surface area contributed by atoms with Gasteiger partial charge < -0.3 is 10.6 Å². The lowest BCUT2D eigenvalue weighted by Gasteiger charge is -2.38. The Labute approximate surface area is 92.1 Å². The maximum atomic E-state index is 6.48. The van der Waals surface area contributed by atoms with Crippen molar-refractivity contribution >= 4 is 0 Å². The number of hydrogen-bond acceptors (Lipinski definition) is 2. The molecular formula is C13H20N2. The predicted molar refractivity (Wildman–Crippen MR) is 63.8 cm³/mol. The monoisotopic (exact) mass is 204 g/mol. The Balaban J connectivity index is 2.22. The van der Waals surface area contributed by atoms with Crippen LogP contribution >= 0.6 is 0 Å². The summed E-state index contributed by atoms with van der Waals surface area (Å²) in [6, 6.07) is 8.63. The van der Waals surface area contributed by atoms with Crippen molar-refractivity contribution in [3.8, 4) is 0 Å². The minimum atomic E-state index is -0.0987.